The molecule has 1 atom stereocenters. The summed E-state index contributed by atoms with van der Waals surface area (Å²) in [5.74, 6) is 0.971. The highest BCUT2D eigenvalue weighted by atomic mass is 16.5. The summed E-state index contributed by atoms with van der Waals surface area (Å²) in [6.45, 7) is 5.30. The standard InChI is InChI=1S/C21H26N2O2/c1-14-5-6-15(2)18(11-14)21(24)22-13-19(23(3)4)16-7-8-20-17(12-16)9-10-25-20/h5-8,11-12,19H,9-10,13H2,1-4H3,(H,22,24). The second-order valence-electron chi connectivity index (χ2n) is 6.97. The third-order valence-corrected chi connectivity index (χ3v) is 4.82. The summed E-state index contributed by atoms with van der Waals surface area (Å²) in [5, 5.41) is 3.10. The third kappa shape index (κ3) is 3.85. The molecule has 2 aromatic rings. The molecule has 1 aliphatic rings. The Morgan fingerprint density at radius 1 is 1.20 bits per heavy atom. The van der Waals surface area contributed by atoms with Gasteiger partial charge >= 0.3 is 0 Å². The number of carbonyl (C=O) groups is 1. The van der Waals surface area contributed by atoms with Crippen molar-refractivity contribution in [3.05, 3.63) is 64.2 Å². The van der Waals surface area contributed by atoms with E-state index in [1.165, 1.54) is 11.1 Å². The lowest BCUT2D eigenvalue weighted by molar-refractivity contribution is 0.0941. The number of carbonyl (C=O) groups excluding carboxylic acids is 1. The topological polar surface area (TPSA) is 41.6 Å². The number of hydrogen-bond acceptors (Lipinski definition) is 3. The van der Waals surface area contributed by atoms with Crippen molar-refractivity contribution in [2.24, 2.45) is 0 Å². The van der Waals surface area contributed by atoms with E-state index >= 15 is 0 Å². The number of amides is 1. The predicted molar refractivity (Wildman–Crippen MR) is 100 cm³/mol. The highest BCUT2D eigenvalue weighted by molar-refractivity contribution is 5.95. The predicted octanol–water partition coefficient (Wildman–Crippen LogP) is 3.27. The number of nitrogens with one attached hydrogen (secondary N) is 1. The number of nitrogens with zero attached hydrogens (tertiary/aromatic N) is 1. The van der Waals surface area contributed by atoms with Gasteiger partial charge in [-0.1, -0.05) is 29.8 Å². The van der Waals surface area contributed by atoms with Crippen LogP contribution < -0.4 is 10.1 Å². The molecule has 1 heterocycles. The molecule has 132 valence electrons. The largest absolute Gasteiger partial charge is 0.493 e. The number of ether oxygens (including phenoxy) is 1. The number of fused-ring (bicyclic) bond motifs is 1. The maximum Gasteiger partial charge on any atom is 0.251 e. The first-order valence-electron chi connectivity index (χ1n) is 8.73. The number of likely N-dealkylation sites (N-methyl/N-ethyl adjacent to an activating group) is 1. The van der Waals surface area contributed by atoms with Crippen LogP contribution in [-0.4, -0.2) is 38.1 Å². The van der Waals surface area contributed by atoms with Crippen LogP contribution in [-0.2, 0) is 6.42 Å². The normalized spacial score (nSPS) is 14.1. The average molecular weight is 338 g/mol. The Kier molecular flexibility index (Phi) is 5.09. The molecule has 4 heteroatoms. The van der Waals surface area contributed by atoms with Gasteiger partial charge in [0.25, 0.3) is 5.91 Å². The summed E-state index contributed by atoms with van der Waals surface area (Å²) in [5.41, 5.74) is 5.30. The molecule has 1 unspecified atom stereocenters. The fraction of sp³-hybridized carbons (Fsp3) is 0.381. The Labute approximate surface area is 149 Å². The molecule has 0 spiro atoms. The van der Waals surface area contributed by atoms with Crippen LogP contribution >= 0.6 is 0 Å². The van der Waals surface area contributed by atoms with Crippen LogP contribution in [0.25, 0.3) is 0 Å². The van der Waals surface area contributed by atoms with Gasteiger partial charge in [-0.05, 0) is 56.8 Å². The van der Waals surface area contributed by atoms with Gasteiger partial charge in [-0.15, -0.1) is 0 Å². The molecule has 0 aliphatic carbocycles. The Balaban J connectivity index is 1.74. The molecule has 4 nitrogen and oxygen atoms in total. The van der Waals surface area contributed by atoms with Crippen LogP contribution in [0.2, 0.25) is 0 Å². The van der Waals surface area contributed by atoms with Gasteiger partial charge in [0.15, 0.2) is 0 Å². The maximum atomic E-state index is 12.6. The Bertz CT molecular complexity index is 783. The van der Waals surface area contributed by atoms with Crippen molar-refractivity contribution in [3.8, 4) is 5.75 Å². The van der Waals surface area contributed by atoms with E-state index in [1.807, 2.05) is 52.2 Å². The number of aryl methyl sites for hydroxylation is 2. The quantitative estimate of drug-likeness (QED) is 0.910. The molecule has 0 saturated carbocycles. The Hall–Kier alpha value is -2.33. The summed E-state index contributed by atoms with van der Waals surface area (Å²) < 4.78 is 5.59. The number of benzene rings is 2. The van der Waals surface area contributed by atoms with Crippen LogP contribution in [0.3, 0.4) is 0 Å². The number of hydrogen-bond donors (Lipinski definition) is 1. The molecule has 1 amide bonds. The van der Waals surface area contributed by atoms with E-state index in [0.29, 0.717) is 6.54 Å². The fourth-order valence-electron chi connectivity index (χ4n) is 3.28. The molecule has 1 N–H and O–H groups in total. The molecule has 0 saturated heterocycles. The molecule has 0 fully saturated rings. The zero-order valence-corrected chi connectivity index (χ0v) is 15.4. The van der Waals surface area contributed by atoms with Crippen molar-refractivity contribution in [3.63, 3.8) is 0 Å². The van der Waals surface area contributed by atoms with E-state index in [2.05, 4.69) is 22.3 Å². The minimum atomic E-state index is -0.0162. The second kappa shape index (κ2) is 7.28. The van der Waals surface area contributed by atoms with Crippen LogP contribution in [0, 0.1) is 13.8 Å². The molecule has 1 aliphatic heterocycles. The van der Waals surface area contributed by atoms with Crippen molar-refractivity contribution in [1.29, 1.82) is 0 Å². The van der Waals surface area contributed by atoms with E-state index in [4.69, 9.17) is 4.74 Å². The number of rotatable bonds is 5. The van der Waals surface area contributed by atoms with E-state index in [9.17, 15) is 4.79 Å². The first kappa shape index (κ1) is 17.5. The highest BCUT2D eigenvalue weighted by Gasteiger charge is 2.20. The molecule has 0 aromatic heterocycles. The van der Waals surface area contributed by atoms with E-state index in [1.54, 1.807) is 0 Å². The van der Waals surface area contributed by atoms with Gasteiger partial charge in [-0.2, -0.15) is 0 Å². The second-order valence-corrected chi connectivity index (χ2v) is 6.97. The smallest absolute Gasteiger partial charge is 0.251 e. The van der Waals surface area contributed by atoms with Crippen LogP contribution in [0.15, 0.2) is 36.4 Å². The minimum Gasteiger partial charge on any atom is -0.493 e. The van der Waals surface area contributed by atoms with Gasteiger partial charge in [0, 0.05) is 18.5 Å². The summed E-state index contributed by atoms with van der Waals surface area (Å²) in [7, 11) is 4.08. The van der Waals surface area contributed by atoms with Crippen molar-refractivity contribution in [2.75, 3.05) is 27.2 Å². The van der Waals surface area contributed by atoms with Gasteiger partial charge in [-0.3, -0.25) is 4.79 Å². The lowest BCUT2D eigenvalue weighted by Crippen LogP contribution is -2.34. The zero-order chi connectivity index (χ0) is 18.0. The molecule has 25 heavy (non-hydrogen) atoms. The van der Waals surface area contributed by atoms with E-state index in [-0.39, 0.29) is 11.9 Å². The van der Waals surface area contributed by atoms with Gasteiger partial charge < -0.3 is 15.0 Å². The van der Waals surface area contributed by atoms with Crippen molar-refractivity contribution in [1.82, 2.24) is 10.2 Å². The SMILES string of the molecule is Cc1ccc(C)c(C(=O)NCC(c2ccc3c(c2)CCO3)N(C)C)c1. The average Bonchev–Trinajstić information content (AvgIpc) is 3.04. The Morgan fingerprint density at radius 3 is 2.76 bits per heavy atom. The molecule has 0 radical (unpaired) electrons. The van der Waals surface area contributed by atoms with Crippen molar-refractivity contribution in [2.45, 2.75) is 26.3 Å². The summed E-state index contributed by atoms with van der Waals surface area (Å²) in [6, 6.07) is 12.4. The van der Waals surface area contributed by atoms with Gasteiger partial charge in [0.2, 0.25) is 0 Å². The monoisotopic (exact) mass is 338 g/mol. The molecule has 0 bridgehead atoms. The van der Waals surface area contributed by atoms with E-state index < -0.39 is 0 Å². The lowest BCUT2D eigenvalue weighted by Gasteiger charge is -2.25. The zero-order valence-electron chi connectivity index (χ0n) is 15.4. The van der Waals surface area contributed by atoms with Gasteiger partial charge in [-0.25, -0.2) is 0 Å². The van der Waals surface area contributed by atoms with Crippen LogP contribution in [0.1, 0.15) is 38.7 Å². The highest BCUT2D eigenvalue weighted by Crippen LogP contribution is 2.29. The summed E-state index contributed by atoms with van der Waals surface area (Å²) in [4.78, 5) is 14.8. The molecular weight excluding hydrogens is 312 g/mol. The van der Waals surface area contributed by atoms with Crippen molar-refractivity contribution >= 4 is 5.91 Å². The Morgan fingerprint density at radius 2 is 2.00 bits per heavy atom. The lowest BCUT2D eigenvalue weighted by atomic mass is 10.0. The maximum absolute atomic E-state index is 12.6. The first-order valence-corrected chi connectivity index (χ1v) is 8.73. The van der Waals surface area contributed by atoms with Crippen LogP contribution in [0.5, 0.6) is 5.75 Å². The van der Waals surface area contributed by atoms with Gasteiger partial charge in [0.05, 0.1) is 12.6 Å². The fourth-order valence-corrected chi connectivity index (χ4v) is 3.28. The molecule has 2 aromatic carbocycles. The first-order chi connectivity index (χ1) is 12.0. The third-order valence-electron chi connectivity index (χ3n) is 4.82. The summed E-state index contributed by atoms with van der Waals surface area (Å²) in [6.07, 6.45) is 0.957. The minimum absolute atomic E-state index is 0.0162. The summed E-state index contributed by atoms with van der Waals surface area (Å²) >= 11 is 0. The molecular formula is C21H26N2O2. The van der Waals surface area contributed by atoms with Crippen LogP contribution in [0.4, 0.5) is 0 Å². The van der Waals surface area contributed by atoms with Gasteiger partial charge in [0.1, 0.15) is 5.75 Å². The molecule has 3 rings (SSSR count). The van der Waals surface area contributed by atoms with Crippen molar-refractivity contribution < 1.29 is 9.53 Å². The van der Waals surface area contributed by atoms with E-state index in [0.717, 1.165) is 35.5 Å².